The van der Waals surface area contributed by atoms with Gasteiger partial charge in [0.15, 0.2) is 5.82 Å². The number of nitrogens with zero attached hydrogens (tertiary/aromatic N) is 3. The second-order valence-electron chi connectivity index (χ2n) is 5.36. The maximum atomic E-state index is 11.0. The molecule has 21 heavy (non-hydrogen) atoms. The molecule has 0 spiro atoms. The number of nitriles is 1. The van der Waals surface area contributed by atoms with Crippen LogP contribution in [0.3, 0.4) is 0 Å². The SMILES string of the molecule is CCc1nnc(NC2CCC(C(=O)O)C2)c(C#N)c1CC. The van der Waals surface area contributed by atoms with E-state index in [-0.39, 0.29) is 12.0 Å². The summed E-state index contributed by atoms with van der Waals surface area (Å²) in [5, 5.41) is 30.0. The van der Waals surface area contributed by atoms with Crippen LogP contribution < -0.4 is 5.32 Å². The van der Waals surface area contributed by atoms with Crippen molar-refractivity contribution in [2.45, 2.75) is 52.0 Å². The molecule has 112 valence electrons. The van der Waals surface area contributed by atoms with Gasteiger partial charge in [0.25, 0.3) is 0 Å². The van der Waals surface area contributed by atoms with Crippen LogP contribution in [-0.4, -0.2) is 27.3 Å². The third-order valence-electron chi connectivity index (χ3n) is 4.08. The average Bonchev–Trinajstić information content (AvgIpc) is 2.95. The summed E-state index contributed by atoms with van der Waals surface area (Å²) < 4.78 is 0. The van der Waals surface area contributed by atoms with Crippen molar-refractivity contribution in [2.24, 2.45) is 5.92 Å². The lowest BCUT2D eigenvalue weighted by molar-refractivity contribution is -0.141. The van der Waals surface area contributed by atoms with Crippen LogP contribution in [0.5, 0.6) is 0 Å². The summed E-state index contributed by atoms with van der Waals surface area (Å²) in [6.45, 7) is 3.99. The van der Waals surface area contributed by atoms with Gasteiger partial charge in [-0.3, -0.25) is 4.79 Å². The summed E-state index contributed by atoms with van der Waals surface area (Å²) in [6.07, 6.45) is 3.49. The Kier molecular flexibility index (Phi) is 4.73. The summed E-state index contributed by atoms with van der Waals surface area (Å²) in [5.74, 6) is -0.564. The van der Waals surface area contributed by atoms with E-state index >= 15 is 0 Å². The van der Waals surface area contributed by atoms with E-state index in [9.17, 15) is 10.1 Å². The summed E-state index contributed by atoms with van der Waals surface area (Å²) >= 11 is 0. The Balaban J connectivity index is 2.21. The van der Waals surface area contributed by atoms with Crippen molar-refractivity contribution in [3.05, 3.63) is 16.8 Å². The number of nitrogens with one attached hydrogen (secondary N) is 1. The molecule has 6 heteroatoms. The fourth-order valence-corrected chi connectivity index (χ4v) is 2.92. The topological polar surface area (TPSA) is 98.9 Å². The fourth-order valence-electron chi connectivity index (χ4n) is 2.92. The first-order chi connectivity index (χ1) is 10.1. The molecule has 1 fully saturated rings. The number of hydrogen-bond acceptors (Lipinski definition) is 5. The van der Waals surface area contributed by atoms with E-state index in [0.717, 1.165) is 30.5 Å². The van der Waals surface area contributed by atoms with Crippen molar-refractivity contribution in [2.75, 3.05) is 5.32 Å². The zero-order valence-corrected chi connectivity index (χ0v) is 12.4. The molecule has 6 nitrogen and oxygen atoms in total. The predicted molar refractivity (Wildman–Crippen MR) is 77.9 cm³/mol. The van der Waals surface area contributed by atoms with E-state index in [0.29, 0.717) is 24.2 Å². The van der Waals surface area contributed by atoms with E-state index in [1.807, 2.05) is 13.8 Å². The van der Waals surface area contributed by atoms with E-state index < -0.39 is 5.97 Å². The van der Waals surface area contributed by atoms with Crippen LogP contribution in [0.1, 0.15) is 49.9 Å². The van der Waals surface area contributed by atoms with Crippen LogP contribution in [0.15, 0.2) is 0 Å². The van der Waals surface area contributed by atoms with Gasteiger partial charge >= 0.3 is 5.97 Å². The zero-order valence-electron chi connectivity index (χ0n) is 12.4. The molecule has 1 aromatic heterocycles. The van der Waals surface area contributed by atoms with Gasteiger partial charge in [-0.05, 0) is 37.7 Å². The Hall–Kier alpha value is -2.16. The van der Waals surface area contributed by atoms with Crippen LogP contribution >= 0.6 is 0 Å². The van der Waals surface area contributed by atoms with Gasteiger partial charge in [-0.2, -0.15) is 10.4 Å². The molecule has 0 saturated heterocycles. The summed E-state index contributed by atoms with van der Waals surface area (Å²) in [7, 11) is 0. The lowest BCUT2D eigenvalue weighted by Gasteiger charge is -2.16. The number of hydrogen-bond donors (Lipinski definition) is 2. The Morgan fingerprint density at radius 3 is 2.67 bits per heavy atom. The van der Waals surface area contributed by atoms with Gasteiger partial charge in [-0.15, -0.1) is 5.10 Å². The molecule has 1 aliphatic rings. The Labute approximate surface area is 124 Å². The number of carboxylic acid groups (broad SMARTS) is 1. The van der Waals surface area contributed by atoms with Gasteiger partial charge in [-0.1, -0.05) is 13.8 Å². The van der Waals surface area contributed by atoms with Crippen LogP contribution in [0.4, 0.5) is 5.82 Å². The second kappa shape index (κ2) is 6.53. The molecule has 0 radical (unpaired) electrons. The van der Waals surface area contributed by atoms with Crippen molar-refractivity contribution in [3.8, 4) is 6.07 Å². The summed E-state index contributed by atoms with van der Waals surface area (Å²) in [4.78, 5) is 11.0. The highest BCUT2D eigenvalue weighted by Crippen LogP contribution is 2.29. The van der Waals surface area contributed by atoms with Crippen molar-refractivity contribution in [1.29, 1.82) is 5.26 Å². The first-order valence-electron chi connectivity index (χ1n) is 7.38. The molecular weight excluding hydrogens is 268 g/mol. The average molecular weight is 288 g/mol. The van der Waals surface area contributed by atoms with Crippen LogP contribution in [-0.2, 0) is 17.6 Å². The number of aliphatic carboxylic acids is 1. The molecule has 2 atom stereocenters. The maximum absolute atomic E-state index is 11.0. The summed E-state index contributed by atoms with van der Waals surface area (Å²) in [6, 6.07) is 2.26. The van der Waals surface area contributed by atoms with Gasteiger partial charge in [0.1, 0.15) is 11.6 Å². The van der Waals surface area contributed by atoms with Crippen molar-refractivity contribution in [3.63, 3.8) is 0 Å². The number of rotatable bonds is 5. The number of aryl methyl sites for hydroxylation is 1. The summed E-state index contributed by atoms with van der Waals surface area (Å²) in [5.41, 5.74) is 2.34. The molecule has 2 unspecified atom stereocenters. The molecular formula is C15H20N4O2. The highest BCUT2D eigenvalue weighted by atomic mass is 16.4. The quantitative estimate of drug-likeness (QED) is 0.861. The first kappa shape index (κ1) is 15.2. The number of anilines is 1. The van der Waals surface area contributed by atoms with Gasteiger partial charge in [0.05, 0.1) is 11.6 Å². The molecule has 0 aliphatic heterocycles. The smallest absolute Gasteiger partial charge is 0.306 e. The second-order valence-corrected chi connectivity index (χ2v) is 5.36. The van der Waals surface area contributed by atoms with Gasteiger partial charge in [0.2, 0.25) is 0 Å². The van der Waals surface area contributed by atoms with Crippen molar-refractivity contribution >= 4 is 11.8 Å². The Bertz CT molecular complexity index is 580. The molecule has 1 aliphatic carbocycles. The van der Waals surface area contributed by atoms with Crippen molar-refractivity contribution in [1.82, 2.24) is 10.2 Å². The minimum atomic E-state index is -0.749. The monoisotopic (exact) mass is 288 g/mol. The van der Waals surface area contributed by atoms with Gasteiger partial charge < -0.3 is 10.4 Å². The molecule has 0 amide bonds. The molecule has 2 N–H and O–H groups in total. The number of carbonyl (C=O) groups is 1. The van der Waals surface area contributed by atoms with E-state index in [1.165, 1.54) is 0 Å². The van der Waals surface area contributed by atoms with E-state index in [2.05, 4.69) is 21.6 Å². The lowest BCUT2D eigenvalue weighted by atomic mass is 10.0. The van der Waals surface area contributed by atoms with Crippen LogP contribution in [0, 0.1) is 17.2 Å². The first-order valence-corrected chi connectivity index (χ1v) is 7.38. The largest absolute Gasteiger partial charge is 0.481 e. The molecule has 1 saturated carbocycles. The minimum absolute atomic E-state index is 0.0460. The zero-order chi connectivity index (χ0) is 15.4. The molecule has 1 aromatic rings. The lowest BCUT2D eigenvalue weighted by Crippen LogP contribution is -2.20. The standard InChI is InChI=1S/C15H20N4O2/c1-3-11-12(8-16)14(19-18-13(11)4-2)17-10-6-5-9(7-10)15(20)21/h9-10H,3-7H2,1-2H3,(H,17,19)(H,20,21). The van der Waals surface area contributed by atoms with Crippen LogP contribution in [0.2, 0.25) is 0 Å². The normalized spacial score (nSPS) is 21.0. The molecule has 0 bridgehead atoms. The van der Waals surface area contributed by atoms with Gasteiger partial charge in [0, 0.05) is 6.04 Å². The molecule has 2 rings (SSSR count). The Morgan fingerprint density at radius 2 is 2.14 bits per heavy atom. The predicted octanol–water partition coefficient (Wildman–Crippen LogP) is 2.14. The third-order valence-corrected chi connectivity index (χ3v) is 4.08. The third kappa shape index (κ3) is 3.13. The highest BCUT2D eigenvalue weighted by Gasteiger charge is 2.30. The number of carboxylic acids is 1. The molecule has 0 aromatic carbocycles. The Morgan fingerprint density at radius 1 is 1.38 bits per heavy atom. The van der Waals surface area contributed by atoms with E-state index in [1.54, 1.807) is 0 Å². The minimum Gasteiger partial charge on any atom is -0.481 e. The van der Waals surface area contributed by atoms with Crippen LogP contribution in [0.25, 0.3) is 0 Å². The van der Waals surface area contributed by atoms with Crippen molar-refractivity contribution < 1.29 is 9.90 Å². The maximum Gasteiger partial charge on any atom is 0.306 e. The number of aromatic nitrogens is 2. The van der Waals surface area contributed by atoms with Gasteiger partial charge in [-0.25, -0.2) is 0 Å². The highest BCUT2D eigenvalue weighted by molar-refractivity contribution is 5.70. The fraction of sp³-hybridized carbons (Fsp3) is 0.600. The molecule has 1 heterocycles. The van der Waals surface area contributed by atoms with E-state index in [4.69, 9.17) is 5.11 Å².